The molecule has 0 radical (unpaired) electrons. The monoisotopic (exact) mass is 471 g/mol. The van der Waals surface area contributed by atoms with E-state index in [-0.39, 0.29) is 11.8 Å². The number of ether oxygens (including phenoxy) is 1. The lowest BCUT2D eigenvalue weighted by Gasteiger charge is -2.25. The van der Waals surface area contributed by atoms with Crippen LogP contribution in [0.25, 0.3) is 10.2 Å². The maximum absolute atomic E-state index is 13.1. The first kappa shape index (κ1) is 22.1. The zero-order valence-corrected chi connectivity index (χ0v) is 19.5. The molecule has 3 aromatic rings. The second-order valence-corrected chi connectivity index (χ2v) is 9.02. The normalized spacial score (nSPS) is 17.9. The molecule has 166 valence electrons. The summed E-state index contributed by atoms with van der Waals surface area (Å²) in [7, 11) is 3.32. The number of hydrazine groups is 1. The highest BCUT2D eigenvalue weighted by Gasteiger charge is 2.38. The molecule has 2 amide bonds. The van der Waals surface area contributed by atoms with Gasteiger partial charge in [-0.2, -0.15) is 0 Å². The predicted molar refractivity (Wildman–Crippen MR) is 127 cm³/mol. The van der Waals surface area contributed by atoms with Gasteiger partial charge in [-0.25, -0.2) is 10.4 Å². The quantitative estimate of drug-likeness (QED) is 0.485. The number of benzene rings is 2. The van der Waals surface area contributed by atoms with Gasteiger partial charge in [0.05, 0.1) is 28.6 Å². The Morgan fingerprint density at radius 2 is 2.03 bits per heavy atom. The molecular formula is C22H22ClN5O3S. The fourth-order valence-electron chi connectivity index (χ4n) is 3.40. The third-order valence-electron chi connectivity index (χ3n) is 5.17. The number of thiazole rings is 1. The highest BCUT2D eigenvalue weighted by atomic mass is 35.5. The zero-order valence-electron chi connectivity index (χ0n) is 17.9. The van der Waals surface area contributed by atoms with Crippen molar-refractivity contribution in [2.24, 2.45) is 0 Å². The number of nitrogens with one attached hydrogen (secondary N) is 3. The molecule has 1 aromatic heterocycles. The number of anilines is 2. The average molecular weight is 472 g/mol. The van der Waals surface area contributed by atoms with Gasteiger partial charge in [0, 0.05) is 7.05 Å². The number of rotatable bonds is 5. The second-order valence-electron chi connectivity index (χ2n) is 7.60. The van der Waals surface area contributed by atoms with Crippen LogP contribution < -0.4 is 20.8 Å². The molecule has 1 aliphatic heterocycles. The van der Waals surface area contributed by atoms with Crippen LogP contribution in [0.2, 0.25) is 0 Å². The highest BCUT2D eigenvalue weighted by Crippen LogP contribution is 2.31. The summed E-state index contributed by atoms with van der Waals surface area (Å²) < 4.78 is 6.14. The summed E-state index contributed by atoms with van der Waals surface area (Å²) in [6, 6.07) is 10.8. The van der Waals surface area contributed by atoms with Crippen LogP contribution in [0, 0.1) is 6.92 Å². The van der Waals surface area contributed by atoms with Gasteiger partial charge in [-0.05, 0) is 49.8 Å². The van der Waals surface area contributed by atoms with Crippen LogP contribution in [0.4, 0.5) is 10.8 Å². The van der Waals surface area contributed by atoms with Crippen molar-refractivity contribution in [3.8, 4) is 5.75 Å². The van der Waals surface area contributed by atoms with E-state index < -0.39 is 5.54 Å². The molecule has 4 rings (SSSR count). The van der Waals surface area contributed by atoms with Crippen LogP contribution in [0.15, 0.2) is 47.6 Å². The zero-order chi connectivity index (χ0) is 23.0. The SMILES string of the molecule is COc1ccc2nc(NC(=O)c3cccc(C)c3NC(=O)C3(C)C=C(Cl)N(C)N3)sc2c1. The number of nitrogens with zero attached hydrogens (tertiary/aromatic N) is 2. The standard InChI is InChI=1S/C22H22ClN5O3S/c1-12-6-5-7-14(18(12)25-20(30)22(2)11-17(23)28(3)27-22)19(29)26-21-24-15-9-8-13(31-4)10-16(15)32-21/h5-11,27H,1-4H3,(H,25,30)(H,24,26,29). The molecular weight excluding hydrogens is 450 g/mol. The first-order chi connectivity index (χ1) is 15.2. The predicted octanol–water partition coefficient (Wildman–Crippen LogP) is 4.09. The number of aromatic nitrogens is 1. The number of carbonyl (C=O) groups is 2. The number of methoxy groups -OCH3 is 1. The highest BCUT2D eigenvalue weighted by molar-refractivity contribution is 7.22. The number of para-hydroxylation sites is 1. The topological polar surface area (TPSA) is 95.6 Å². The Labute approximate surface area is 194 Å². The van der Waals surface area contributed by atoms with Crippen LogP contribution in [-0.4, -0.2) is 41.5 Å². The summed E-state index contributed by atoms with van der Waals surface area (Å²) in [4.78, 5) is 30.6. The van der Waals surface area contributed by atoms with E-state index in [0.717, 1.165) is 21.5 Å². The molecule has 2 aromatic carbocycles. The molecule has 2 heterocycles. The van der Waals surface area contributed by atoms with Gasteiger partial charge in [0.25, 0.3) is 5.91 Å². The lowest BCUT2D eigenvalue weighted by Crippen LogP contribution is -2.51. The number of hydrogen-bond acceptors (Lipinski definition) is 7. The number of hydrogen-bond donors (Lipinski definition) is 3. The molecule has 0 fully saturated rings. The first-order valence-corrected chi connectivity index (χ1v) is 11.0. The summed E-state index contributed by atoms with van der Waals surface area (Å²) in [5.74, 6) is 0.0113. The van der Waals surface area contributed by atoms with Crippen molar-refractivity contribution < 1.29 is 14.3 Å². The van der Waals surface area contributed by atoms with Gasteiger partial charge in [-0.3, -0.25) is 14.9 Å². The fraction of sp³-hybridized carbons (Fsp3) is 0.227. The molecule has 10 heteroatoms. The number of aryl methyl sites for hydroxylation is 1. The van der Waals surface area contributed by atoms with E-state index in [1.54, 1.807) is 44.3 Å². The van der Waals surface area contributed by atoms with Gasteiger partial charge in [-0.15, -0.1) is 0 Å². The number of carbonyl (C=O) groups excluding carboxylic acids is 2. The molecule has 32 heavy (non-hydrogen) atoms. The maximum atomic E-state index is 13.1. The van der Waals surface area contributed by atoms with Gasteiger partial charge in [0.1, 0.15) is 16.4 Å². The number of halogens is 1. The Bertz CT molecular complexity index is 1260. The third-order valence-corrected chi connectivity index (χ3v) is 6.47. The van der Waals surface area contributed by atoms with Crippen molar-refractivity contribution in [3.05, 3.63) is 58.8 Å². The molecule has 8 nitrogen and oxygen atoms in total. The van der Waals surface area contributed by atoms with Crippen molar-refractivity contribution in [2.45, 2.75) is 19.4 Å². The molecule has 0 aliphatic carbocycles. The van der Waals surface area contributed by atoms with E-state index in [2.05, 4.69) is 21.0 Å². The molecule has 0 saturated carbocycles. The second kappa shape index (κ2) is 8.42. The minimum absolute atomic E-state index is 0.334. The summed E-state index contributed by atoms with van der Waals surface area (Å²) in [5, 5.41) is 8.16. The van der Waals surface area contributed by atoms with Crippen molar-refractivity contribution in [1.82, 2.24) is 15.4 Å². The molecule has 1 unspecified atom stereocenters. The Morgan fingerprint density at radius 1 is 1.25 bits per heavy atom. The molecule has 0 bridgehead atoms. The third kappa shape index (κ3) is 4.14. The minimum atomic E-state index is -1.05. The Kier molecular flexibility index (Phi) is 5.81. The Balaban J connectivity index is 1.59. The average Bonchev–Trinajstić information content (AvgIpc) is 3.27. The molecule has 0 spiro atoms. The van der Waals surface area contributed by atoms with E-state index in [1.165, 1.54) is 11.3 Å². The van der Waals surface area contributed by atoms with E-state index in [0.29, 0.717) is 21.5 Å². The van der Waals surface area contributed by atoms with Gasteiger partial charge >= 0.3 is 0 Å². The van der Waals surface area contributed by atoms with Crippen LogP contribution in [-0.2, 0) is 4.79 Å². The molecule has 3 N–H and O–H groups in total. The van der Waals surface area contributed by atoms with E-state index in [9.17, 15) is 9.59 Å². The summed E-state index contributed by atoms with van der Waals surface area (Å²) in [5.41, 5.74) is 4.24. The van der Waals surface area contributed by atoms with Gasteiger partial charge in [0.15, 0.2) is 5.13 Å². The summed E-state index contributed by atoms with van der Waals surface area (Å²) in [6.07, 6.45) is 1.62. The Hall–Kier alpha value is -3.14. The van der Waals surface area contributed by atoms with Crippen molar-refractivity contribution in [2.75, 3.05) is 24.8 Å². The minimum Gasteiger partial charge on any atom is -0.497 e. The van der Waals surface area contributed by atoms with Crippen molar-refractivity contribution in [3.63, 3.8) is 0 Å². The summed E-state index contributed by atoms with van der Waals surface area (Å²) >= 11 is 7.46. The fourth-order valence-corrected chi connectivity index (χ4v) is 4.55. The Morgan fingerprint density at radius 3 is 2.72 bits per heavy atom. The lowest BCUT2D eigenvalue weighted by molar-refractivity contribution is -0.120. The molecule has 0 saturated heterocycles. The molecule has 1 aliphatic rings. The summed E-state index contributed by atoms with van der Waals surface area (Å²) in [6.45, 7) is 3.54. The van der Waals surface area contributed by atoms with Crippen LogP contribution in [0.5, 0.6) is 5.75 Å². The molecule has 1 atom stereocenters. The smallest absolute Gasteiger partial charge is 0.259 e. The van der Waals surface area contributed by atoms with Crippen LogP contribution >= 0.6 is 22.9 Å². The van der Waals surface area contributed by atoms with Gasteiger partial charge in [-0.1, -0.05) is 35.1 Å². The van der Waals surface area contributed by atoms with Gasteiger partial charge in [0.2, 0.25) is 5.91 Å². The van der Waals surface area contributed by atoms with E-state index in [4.69, 9.17) is 16.3 Å². The van der Waals surface area contributed by atoms with Gasteiger partial charge < -0.3 is 15.1 Å². The van der Waals surface area contributed by atoms with E-state index in [1.807, 2.05) is 31.2 Å². The van der Waals surface area contributed by atoms with Crippen molar-refractivity contribution in [1.29, 1.82) is 0 Å². The van der Waals surface area contributed by atoms with Crippen molar-refractivity contribution >= 4 is 55.8 Å². The maximum Gasteiger partial charge on any atom is 0.259 e. The largest absolute Gasteiger partial charge is 0.497 e. The van der Waals surface area contributed by atoms with Crippen LogP contribution in [0.3, 0.4) is 0 Å². The lowest BCUT2D eigenvalue weighted by atomic mass is 10.0. The van der Waals surface area contributed by atoms with E-state index >= 15 is 0 Å². The number of fused-ring (bicyclic) bond motifs is 1. The first-order valence-electron chi connectivity index (χ1n) is 9.77. The van der Waals surface area contributed by atoms with Crippen LogP contribution in [0.1, 0.15) is 22.8 Å². The number of amides is 2.